The van der Waals surface area contributed by atoms with E-state index in [2.05, 4.69) is 21.1 Å². The summed E-state index contributed by atoms with van der Waals surface area (Å²) in [5.41, 5.74) is 1.77. The Morgan fingerprint density at radius 2 is 2.56 bits per heavy atom. The zero-order chi connectivity index (χ0) is 6.10. The van der Waals surface area contributed by atoms with Crippen molar-refractivity contribution in [2.24, 2.45) is 0 Å². The molecule has 2 aromatic heterocycles. The highest BCUT2D eigenvalue weighted by atomic mass is 14.9. The number of rotatable bonds is 0. The van der Waals surface area contributed by atoms with E-state index in [4.69, 9.17) is 0 Å². The first-order valence-electron chi connectivity index (χ1n) is 2.62. The fraction of sp³-hybridized carbons (Fsp3) is 0. The van der Waals surface area contributed by atoms with Crippen LogP contribution in [0.5, 0.6) is 0 Å². The Bertz CT molecular complexity index is 282. The Hall–Kier alpha value is -1.38. The first-order valence-corrected chi connectivity index (χ1v) is 2.62. The summed E-state index contributed by atoms with van der Waals surface area (Å²) in [6.45, 7) is 0. The van der Waals surface area contributed by atoms with Gasteiger partial charge in [-0.3, -0.25) is 0 Å². The van der Waals surface area contributed by atoms with E-state index < -0.39 is 0 Å². The third-order valence-corrected chi connectivity index (χ3v) is 1.16. The minimum atomic E-state index is 0.859. The van der Waals surface area contributed by atoms with Crippen LogP contribution in [-0.4, -0.2) is 15.0 Å². The molecule has 3 nitrogen and oxygen atoms in total. The molecular formula is C6H4N3. The Labute approximate surface area is 51.8 Å². The van der Waals surface area contributed by atoms with Crippen LogP contribution in [0.2, 0.25) is 0 Å². The zero-order valence-corrected chi connectivity index (χ0v) is 4.63. The lowest BCUT2D eigenvalue weighted by molar-refractivity contribution is 1.21. The molecule has 0 aliphatic carbocycles. The quantitative estimate of drug-likeness (QED) is 0.554. The van der Waals surface area contributed by atoms with Crippen molar-refractivity contribution >= 4 is 11.0 Å². The van der Waals surface area contributed by atoms with Crippen molar-refractivity contribution < 1.29 is 0 Å². The van der Waals surface area contributed by atoms with Crippen LogP contribution in [0.1, 0.15) is 0 Å². The number of aromatic amines is 1. The molecule has 43 valence electrons. The Morgan fingerprint density at radius 1 is 1.56 bits per heavy atom. The standard InChI is InChI=1S/C6H4N3/c1-2-8-6-3-7-4-9-5(1)6/h1-2,4,8H. The van der Waals surface area contributed by atoms with E-state index in [1.807, 2.05) is 12.3 Å². The lowest BCUT2D eigenvalue weighted by Crippen LogP contribution is -1.75. The van der Waals surface area contributed by atoms with Gasteiger partial charge in [0.15, 0.2) is 0 Å². The number of aromatic nitrogens is 3. The number of nitrogens with zero attached hydrogens (tertiary/aromatic N) is 2. The second-order valence-corrected chi connectivity index (χ2v) is 1.72. The van der Waals surface area contributed by atoms with Gasteiger partial charge >= 0.3 is 0 Å². The first kappa shape index (κ1) is 4.49. The number of hydrogen-bond acceptors (Lipinski definition) is 2. The molecule has 0 spiro atoms. The topological polar surface area (TPSA) is 41.6 Å². The summed E-state index contributed by atoms with van der Waals surface area (Å²) in [4.78, 5) is 10.6. The van der Waals surface area contributed by atoms with Crippen LogP contribution in [0.15, 0.2) is 18.6 Å². The molecule has 1 N–H and O–H groups in total. The van der Waals surface area contributed by atoms with Crippen molar-refractivity contribution in [3.8, 4) is 0 Å². The van der Waals surface area contributed by atoms with E-state index in [-0.39, 0.29) is 0 Å². The zero-order valence-electron chi connectivity index (χ0n) is 4.63. The van der Waals surface area contributed by atoms with Gasteiger partial charge in [0.1, 0.15) is 12.5 Å². The normalized spacial score (nSPS) is 10.2. The van der Waals surface area contributed by atoms with Gasteiger partial charge in [-0.1, -0.05) is 0 Å². The molecule has 0 fully saturated rings. The average Bonchev–Trinajstić information content (AvgIpc) is 2.33. The molecule has 0 bridgehead atoms. The van der Waals surface area contributed by atoms with Crippen molar-refractivity contribution in [3.63, 3.8) is 0 Å². The predicted molar refractivity (Wildman–Crippen MR) is 32.7 cm³/mol. The summed E-state index contributed by atoms with van der Waals surface area (Å²) in [6, 6.07) is 1.88. The number of nitrogens with one attached hydrogen (secondary N) is 1. The fourth-order valence-corrected chi connectivity index (χ4v) is 0.743. The summed E-state index contributed by atoms with van der Waals surface area (Å²) < 4.78 is 0. The molecule has 1 radical (unpaired) electrons. The van der Waals surface area contributed by atoms with Gasteiger partial charge in [-0.2, -0.15) is 0 Å². The minimum absolute atomic E-state index is 0.859. The Morgan fingerprint density at radius 3 is 3.44 bits per heavy atom. The molecule has 9 heavy (non-hydrogen) atoms. The third-order valence-electron chi connectivity index (χ3n) is 1.16. The molecule has 2 heterocycles. The largest absolute Gasteiger partial charge is 0.358 e. The lowest BCUT2D eigenvalue weighted by Gasteiger charge is -1.80. The maximum atomic E-state index is 3.97. The van der Waals surface area contributed by atoms with Gasteiger partial charge < -0.3 is 4.98 Å². The predicted octanol–water partition coefficient (Wildman–Crippen LogP) is 0.758. The molecule has 0 aliphatic heterocycles. The molecule has 0 saturated carbocycles. The van der Waals surface area contributed by atoms with Crippen molar-refractivity contribution in [2.45, 2.75) is 0 Å². The number of H-pyrrole nitrogens is 1. The molecule has 0 atom stereocenters. The molecular weight excluding hydrogens is 114 g/mol. The molecule has 3 heteroatoms. The molecule has 0 saturated heterocycles. The van der Waals surface area contributed by atoms with E-state index in [1.165, 1.54) is 6.33 Å². The van der Waals surface area contributed by atoms with Crippen molar-refractivity contribution in [2.75, 3.05) is 0 Å². The second kappa shape index (κ2) is 1.55. The van der Waals surface area contributed by atoms with Crippen molar-refractivity contribution in [3.05, 3.63) is 24.8 Å². The molecule has 0 aromatic carbocycles. The van der Waals surface area contributed by atoms with Gasteiger partial charge in [0, 0.05) is 6.20 Å². The minimum Gasteiger partial charge on any atom is -0.358 e. The first-order chi connectivity index (χ1) is 4.47. The smallest absolute Gasteiger partial charge is 0.118 e. The van der Waals surface area contributed by atoms with Crippen molar-refractivity contribution in [1.29, 1.82) is 0 Å². The van der Waals surface area contributed by atoms with E-state index in [9.17, 15) is 0 Å². The van der Waals surface area contributed by atoms with Crippen LogP contribution in [0.4, 0.5) is 0 Å². The van der Waals surface area contributed by atoms with Gasteiger partial charge in [0.25, 0.3) is 0 Å². The molecule has 0 unspecified atom stereocenters. The van der Waals surface area contributed by atoms with Gasteiger partial charge in [0.05, 0.1) is 11.0 Å². The Balaban J connectivity index is 2.95. The summed E-state index contributed by atoms with van der Waals surface area (Å²) in [6.07, 6.45) is 6.06. The van der Waals surface area contributed by atoms with E-state index in [1.54, 1.807) is 0 Å². The van der Waals surface area contributed by atoms with Crippen LogP contribution in [0, 0.1) is 6.20 Å². The average molecular weight is 118 g/mol. The van der Waals surface area contributed by atoms with E-state index in [0.717, 1.165) is 11.0 Å². The van der Waals surface area contributed by atoms with Crippen molar-refractivity contribution in [1.82, 2.24) is 15.0 Å². The van der Waals surface area contributed by atoms with Crippen LogP contribution in [-0.2, 0) is 0 Å². The summed E-state index contributed by atoms with van der Waals surface area (Å²) in [5.74, 6) is 0. The lowest BCUT2D eigenvalue weighted by atomic mass is 10.5. The van der Waals surface area contributed by atoms with Gasteiger partial charge in [-0.15, -0.1) is 0 Å². The van der Waals surface area contributed by atoms with Crippen LogP contribution in [0.3, 0.4) is 0 Å². The summed E-state index contributed by atoms with van der Waals surface area (Å²) in [5, 5.41) is 0. The van der Waals surface area contributed by atoms with Gasteiger partial charge in [-0.25, -0.2) is 9.97 Å². The third kappa shape index (κ3) is 0.579. The molecule has 0 aliphatic rings. The highest BCUT2D eigenvalue weighted by Crippen LogP contribution is 2.02. The van der Waals surface area contributed by atoms with E-state index in [0.29, 0.717) is 0 Å². The molecule has 2 rings (SSSR count). The summed E-state index contributed by atoms with van der Waals surface area (Å²) in [7, 11) is 0. The Kier molecular flexibility index (Phi) is 0.773. The SMILES string of the molecule is [c]1ncnc2cc[nH]c12. The number of hydrogen-bond donors (Lipinski definition) is 1. The van der Waals surface area contributed by atoms with Crippen LogP contribution < -0.4 is 0 Å². The molecule has 2 aromatic rings. The molecule has 0 amide bonds. The van der Waals surface area contributed by atoms with Crippen LogP contribution >= 0.6 is 0 Å². The van der Waals surface area contributed by atoms with Gasteiger partial charge in [0.2, 0.25) is 0 Å². The highest BCUT2D eigenvalue weighted by Gasteiger charge is 1.90. The van der Waals surface area contributed by atoms with E-state index >= 15 is 0 Å². The monoisotopic (exact) mass is 118 g/mol. The second-order valence-electron chi connectivity index (χ2n) is 1.72. The summed E-state index contributed by atoms with van der Waals surface area (Å²) >= 11 is 0. The highest BCUT2D eigenvalue weighted by molar-refractivity contribution is 5.72. The maximum absolute atomic E-state index is 3.97. The fourth-order valence-electron chi connectivity index (χ4n) is 0.743. The van der Waals surface area contributed by atoms with Crippen LogP contribution in [0.25, 0.3) is 11.0 Å². The van der Waals surface area contributed by atoms with Gasteiger partial charge in [-0.05, 0) is 6.07 Å². The number of fused-ring (bicyclic) bond motifs is 1. The maximum Gasteiger partial charge on any atom is 0.118 e.